The second-order valence-corrected chi connectivity index (χ2v) is 9.25. The van der Waals surface area contributed by atoms with E-state index in [-0.39, 0.29) is 11.1 Å². The predicted octanol–water partition coefficient (Wildman–Crippen LogP) is 2.17. The Labute approximate surface area is 176 Å². The van der Waals surface area contributed by atoms with Crippen LogP contribution in [0.4, 0.5) is 0 Å². The molecule has 154 valence electrons. The van der Waals surface area contributed by atoms with Gasteiger partial charge in [-0.15, -0.1) is 0 Å². The number of fused-ring (bicyclic) bond motifs is 2. The number of imidazole rings is 1. The molecule has 30 heavy (non-hydrogen) atoms. The Morgan fingerprint density at radius 2 is 2.07 bits per heavy atom. The van der Waals surface area contributed by atoms with Gasteiger partial charge in [-0.25, -0.2) is 13.4 Å². The van der Waals surface area contributed by atoms with Crippen molar-refractivity contribution in [3.8, 4) is 0 Å². The second-order valence-electron chi connectivity index (χ2n) is 7.18. The fourth-order valence-corrected chi connectivity index (χ4v) is 5.00. The molecule has 1 aromatic carbocycles. The molecule has 0 unspecified atom stereocenters. The van der Waals surface area contributed by atoms with Crippen molar-refractivity contribution in [2.24, 2.45) is 0 Å². The van der Waals surface area contributed by atoms with Crippen molar-refractivity contribution in [2.45, 2.75) is 24.2 Å². The van der Waals surface area contributed by atoms with Crippen molar-refractivity contribution in [1.29, 1.82) is 0 Å². The van der Waals surface area contributed by atoms with Gasteiger partial charge in [0.15, 0.2) is 0 Å². The minimum Gasteiger partial charge on any atom is -0.357 e. The van der Waals surface area contributed by atoms with Gasteiger partial charge in [-0.05, 0) is 36.8 Å². The zero-order valence-corrected chi connectivity index (χ0v) is 17.2. The molecule has 0 radical (unpaired) electrons. The Morgan fingerprint density at radius 1 is 1.20 bits per heavy atom. The number of H-pyrrole nitrogens is 2. The average Bonchev–Trinajstić information content (AvgIpc) is 3.40. The molecule has 0 spiro atoms. The largest absolute Gasteiger partial charge is 0.357 e. The molecule has 9 nitrogen and oxygen atoms in total. The number of hydrogen-bond donors (Lipinski definition) is 3. The molecular weight excluding hydrogens is 428 g/mol. The number of aromatic amines is 2. The SMILES string of the molecule is O=C1[C@@H](NS(=O)(=O)c2nc3ccc(Cl)cc3[nH]2)CCN1Cc1cc2cnccc2[nH]1. The number of benzene rings is 1. The van der Waals surface area contributed by atoms with Gasteiger partial charge < -0.3 is 14.9 Å². The van der Waals surface area contributed by atoms with Crippen LogP contribution in [0.3, 0.4) is 0 Å². The van der Waals surface area contributed by atoms with E-state index in [0.717, 1.165) is 16.6 Å². The maximum atomic E-state index is 12.8. The number of carbonyl (C=O) groups excluding carboxylic acids is 1. The lowest BCUT2D eigenvalue weighted by Gasteiger charge is -2.16. The van der Waals surface area contributed by atoms with Crippen LogP contribution >= 0.6 is 11.6 Å². The number of aromatic nitrogens is 4. The summed E-state index contributed by atoms with van der Waals surface area (Å²) in [7, 11) is -3.99. The highest BCUT2D eigenvalue weighted by Crippen LogP contribution is 2.22. The lowest BCUT2D eigenvalue weighted by atomic mass is 10.3. The molecule has 1 aliphatic heterocycles. The first-order valence-electron chi connectivity index (χ1n) is 9.27. The third kappa shape index (κ3) is 3.42. The van der Waals surface area contributed by atoms with Crippen LogP contribution in [0.5, 0.6) is 0 Å². The van der Waals surface area contributed by atoms with Crippen molar-refractivity contribution < 1.29 is 13.2 Å². The molecule has 4 aromatic rings. The quantitative estimate of drug-likeness (QED) is 0.435. The monoisotopic (exact) mass is 444 g/mol. The topological polar surface area (TPSA) is 124 Å². The lowest BCUT2D eigenvalue weighted by molar-refractivity contribution is -0.129. The summed E-state index contributed by atoms with van der Waals surface area (Å²) in [6.45, 7) is 0.824. The third-order valence-corrected chi connectivity index (χ3v) is 6.64. The van der Waals surface area contributed by atoms with Gasteiger partial charge >= 0.3 is 0 Å². The highest BCUT2D eigenvalue weighted by molar-refractivity contribution is 7.89. The van der Waals surface area contributed by atoms with Crippen molar-refractivity contribution in [2.75, 3.05) is 6.54 Å². The molecule has 1 atom stereocenters. The van der Waals surface area contributed by atoms with Crippen LogP contribution in [-0.2, 0) is 21.4 Å². The first-order valence-corrected chi connectivity index (χ1v) is 11.1. The van der Waals surface area contributed by atoms with Gasteiger partial charge in [0.1, 0.15) is 6.04 Å². The van der Waals surface area contributed by atoms with Crippen LogP contribution in [0.1, 0.15) is 12.1 Å². The van der Waals surface area contributed by atoms with Crippen LogP contribution < -0.4 is 4.72 Å². The second kappa shape index (κ2) is 7.08. The number of carbonyl (C=O) groups is 1. The van der Waals surface area contributed by atoms with Gasteiger partial charge in [-0.1, -0.05) is 11.6 Å². The van der Waals surface area contributed by atoms with Gasteiger partial charge in [0.25, 0.3) is 10.0 Å². The highest BCUT2D eigenvalue weighted by atomic mass is 35.5. The van der Waals surface area contributed by atoms with Crippen molar-refractivity contribution in [3.63, 3.8) is 0 Å². The molecular formula is C19H17ClN6O3S. The fourth-order valence-electron chi connectivity index (χ4n) is 3.66. The zero-order chi connectivity index (χ0) is 20.9. The molecule has 11 heteroatoms. The summed E-state index contributed by atoms with van der Waals surface area (Å²) < 4.78 is 28.0. The number of hydrogen-bond acceptors (Lipinski definition) is 5. The number of sulfonamides is 1. The van der Waals surface area contributed by atoms with Gasteiger partial charge in [0.05, 0.1) is 17.6 Å². The molecule has 5 rings (SSSR count). The lowest BCUT2D eigenvalue weighted by Crippen LogP contribution is -2.41. The van der Waals surface area contributed by atoms with E-state index in [1.54, 1.807) is 35.5 Å². The minimum absolute atomic E-state index is 0.242. The van der Waals surface area contributed by atoms with Crippen molar-refractivity contribution in [3.05, 3.63) is 53.4 Å². The summed E-state index contributed by atoms with van der Waals surface area (Å²) in [5.41, 5.74) is 2.79. The molecule has 3 N–H and O–H groups in total. The summed E-state index contributed by atoms with van der Waals surface area (Å²) >= 11 is 5.94. The summed E-state index contributed by atoms with van der Waals surface area (Å²) in [6.07, 6.45) is 3.82. The Hall–Kier alpha value is -2.95. The number of halogens is 1. The summed E-state index contributed by atoms with van der Waals surface area (Å²) in [5, 5.41) is 1.19. The Bertz CT molecular complexity index is 1350. The fraction of sp³-hybridized carbons (Fsp3) is 0.211. The summed E-state index contributed by atoms with van der Waals surface area (Å²) in [5.74, 6) is -0.269. The van der Waals surface area contributed by atoms with Gasteiger partial charge in [-0.2, -0.15) is 4.72 Å². The zero-order valence-electron chi connectivity index (χ0n) is 15.6. The number of pyridine rings is 1. The van der Waals surface area contributed by atoms with E-state index >= 15 is 0 Å². The van der Waals surface area contributed by atoms with Crippen LogP contribution in [0.25, 0.3) is 21.9 Å². The van der Waals surface area contributed by atoms with Gasteiger partial charge in [0.2, 0.25) is 11.1 Å². The molecule has 1 aliphatic rings. The molecule has 4 heterocycles. The van der Waals surface area contributed by atoms with E-state index in [1.165, 1.54) is 0 Å². The standard InChI is InChI=1S/C19H17ClN6O3S/c20-12-1-2-15-17(8-12)24-19(23-15)30(28,29)25-16-4-6-26(18(16)27)10-13-7-11-9-21-5-3-14(11)22-13/h1-3,5,7-9,16,22,25H,4,6,10H2,(H,23,24)/t16-/m0/s1. The van der Waals surface area contributed by atoms with E-state index < -0.39 is 16.1 Å². The van der Waals surface area contributed by atoms with Crippen LogP contribution in [-0.4, -0.2) is 51.7 Å². The number of nitrogens with zero attached hydrogens (tertiary/aromatic N) is 3. The number of amides is 1. The maximum absolute atomic E-state index is 12.8. The van der Waals surface area contributed by atoms with Gasteiger partial charge in [0, 0.05) is 40.6 Å². The summed E-state index contributed by atoms with van der Waals surface area (Å²) in [4.78, 5) is 28.6. The first kappa shape index (κ1) is 19.0. The van der Waals surface area contributed by atoms with E-state index in [2.05, 4.69) is 24.7 Å². The first-order chi connectivity index (χ1) is 14.4. The Kier molecular flexibility index (Phi) is 4.49. The number of likely N-dealkylation sites (tertiary alicyclic amines) is 1. The highest BCUT2D eigenvalue weighted by Gasteiger charge is 2.36. The minimum atomic E-state index is -3.99. The van der Waals surface area contributed by atoms with Gasteiger partial charge in [-0.3, -0.25) is 9.78 Å². The van der Waals surface area contributed by atoms with Crippen LogP contribution in [0.15, 0.2) is 47.9 Å². The third-order valence-electron chi connectivity index (χ3n) is 5.11. The van der Waals surface area contributed by atoms with Crippen molar-refractivity contribution in [1.82, 2.24) is 29.6 Å². The molecule has 1 saturated heterocycles. The molecule has 0 aliphatic carbocycles. The van der Waals surface area contributed by atoms with E-state index in [9.17, 15) is 13.2 Å². The van der Waals surface area contributed by atoms with E-state index in [0.29, 0.717) is 35.6 Å². The Balaban J connectivity index is 1.31. The van der Waals surface area contributed by atoms with E-state index in [1.807, 2.05) is 12.1 Å². The van der Waals surface area contributed by atoms with Crippen LogP contribution in [0.2, 0.25) is 5.02 Å². The normalized spacial score (nSPS) is 17.4. The number of rotatable bonds is 5. The smallest absolute Gasteiger partial charge is 0.275 e. The van der Waals surface area contributed by atoms with E-state index in [4.69, 9.17) is 11.6 Å². The average molecular weight is 445 g/mol. The predicted molar refractivity (Wildman–Crippen MR) is 111 cm³/mol. The molecule has 0 saturated carbocycles. The Morgan fingerprint density at radius 3 is 2.90 bits per heavy atom. The molecule has 1 amide bonds. The molecule has 3 aromatic heterocycles. The summed E-state index contributed by atoms with van der Waals surface area (Å²) in [6, 6.07) is 7.83. The maximum Gasteiger partial charge on any atom is 0.275 e. The molecule has 0 bridgehead atoms. The number of nitrogens with one attached hydrogen (secondary N) is 3. The van der Waals surface area contributed by atoms with Crippen LogP contribution in [0, 0.1) is 0 Å². The van der Waals surface area contributed by atoms with Crippen molar-refractivity contribution >= 4 is 49.5 Å². The molecule has 1 fully saturated rings.